The number of hydrogen-bond acceptors (Lipinski definition) is 3. The van der Waals surface area contributed by atoms with E-state index in [0.717, 1.165) is 12.3 Å². The average Bonchev–Trinajstić information content (AvgIpc) is 3.10. The third-order valence-electron chi connectivity index (χ3n) is 3.00. The van der Waals surface area contributed by atoms with Crippen molar-refractivity contribution in [3.63, 3.8) is 0 Å². The zero-order valence-electron chi connectivity index (χ0n) is 9.10. The van der Waals surface area contributed by atoms with E-state index in [2.05, 4.69) is 0 Å². The fourth-order valence-corrected chi connectivity index (χ4v) is 1.75. The van der Waals surface area contributed by atoms with Crippen LogP contribution in [0.4, 0.5) is 0 Å². The van der Waals surface area contributed by atoms with Crippen LogP contribution in [-0.2, 0) is 0 Å². The molecule has 1 saturated carbocycles. The summed E-state index contributed by atoms with van der Waals surface area (Å²) in [6.07, 6.45) is 3.06. The zero-order chi connectivity index (χ0) is 11.5. The average molecular weight is 220 g/mol. The van der Waals surface area contributed by atoms with E-state index in [1.165, 1.54) is 37.1 Å². The van der Waals surface area contributed by atoms with Crippen LogP contribution in [0.15, 0.2) is 24.3 Å². The number of phenolic OH excluding ortho intramolecular Hbond substituents is 1. The van der Waals surface area contributed by atoms with Gasteiger partial charge in [0.1, 0.15) is 11.9 Å². The van der Waals surface area contributed by atoms with Gasteiger partial charge in [-0.2, -0.15) is 0 Å². The molecule has 1 fully saturated rings. The van der Waals surface area contributed by atoms with Crippen molar-refractivity contribution in [2.75, 3.05) is 0 Å². The molecule has 16 heavy (non-hydrogen) atoms. The molecule has 0 bridgehead atoms. The van der Waals surface area contributed by atoms with Gasteiger partial charge in [0.05, 0.1) is 0 Å². The Hall–Kier alpha value is -1.35. The van der Waals surface area contributed by atoms with Gasteiger partial charge in [-0.15, -0.1) is 0 Å². The molecule has 86 valence electrons. The summed E-state index contributed by atoms with van der Waals surface area (Å²) >= 11 is 0. The van der Waals surface area contributed by atoms with Gasteiger partial charge in [-0.25, -0.2) is 0 Å². The minimum Gasteiger partial charge on any atom is -0.508 e. The molecule has 2 rings (SSSR count). The third-order valence-corrected chi connectivity index (χ3v) is 3.00. The first kappa shape index (κ1) is 11.1. The second-order valence-corrected chi connectivity index (χ2v) is 4.45. The highest BCUT2D eigenvalue weighted by Crippen LogP contribution is 2.34. The van der Waals surface area contributed by atoms with E-state index in [4.69, 9.17) is 5.11 Å². The van der Waals surface area contributed by atoms with E-state index >= 15 is 0 Å². The zero-order valence-corrected chi connectivity index (χ0v) is 9.10. The first-order valence-electron chi connectivity index (χ1n) is 5.68. The largest absolute Gasteiger partial charge is 0.508 e. The third kappa shape index (κ3) is 2.83. The Labute approximate surface area is 94.7 Å². The summed E-state index contributed by atoms with van der Waals surface area (Å²) in [6.45, 7) is 0. The van der Waals surface area contributed by atoms with E-state index in [1.807, 2.05) is 0 Å². The smallest absolute Gasteiger partial charge is 0.191 e. The molecule has 2 N–H and O–H groups in total. The van der Waals surface area contributed by atoms with Crippen molar-refractivity contribution in [3.8, 4) is 5.75 Å². The van der Waals surface area contributed by atoms with Crippen molar-refractivity contribution >= 4 is 5.78 Å². The number of benzene rings is 1. The number of aliphatic hydroxyl groups is 1. The van der Waals surface area contributed by atoms with Gasteiger partial charge in [0.2, 0.25) is 0 Å². The van der Waals surface area contributed by atoms with Crippen LogP contribution in [0, 0.1) is 5.92 Å². The Morgan fingerprint density at radius 2 is 1.94 bits per heavy atom. The van der Waals surface area contributed by atoms with Crippen molar-refractivity contribution in [2.45, 2.75) is 31.8 Å². The van der Waals surface area contributed by atoms with Crippen LogP contribution in [0.1, 0.15) is 36.0 Å². The highest BCUT2D eigenvalue weighted by atomic mass is 16.3. The lowest BCUT2D eigenvalue weighted by Gasteiger charge is -2.09. The fourth-order valence-electron chi connectivity index (χ4n) is 1.75. The van der Waals surface area contributed by atoms with Gasteiger partial charge < -0.3 is 10.2 Å². The molecule has 3 heteroatoms. The van der Waals surface area contributed by atoms with Crippen LogP contribution in [-0.4, -0.2) is 22.1 Å². The van der Waals surface area contributed by atoms with Crippen molar-refractivity contribution in [1.29, 1.82) is 0 Å². The number of ketones is 1. The van der Waals surface area contributed by atoms with Crippen molar-refractivity contribution in [2.24, 2.45) is 5.92 Å². The number of carbonyl (C=O) groups excluding carboxylic acids is 1. The second-order valence-electron chi connectivity index (χ2n) is 4.45. The van der Waals surface area contributed by atoms with Gasteiger partial charge in [-0.05, 0) is 43.0 Å². The van der Waals surface area contributed by atoms with Gasteiger partial charge in [0.25, 0.3) is 0 Å². The molecule has 1 aromatic carbocycles. The standard InChI is InChI=1S/C13H16O3/c14-11-6-4-10(5-7-11)13(16)12(15)8-3-9-1-2-9/h4-7,9,12,14-15H,1-3,8H2. The number of carbonyl (C=O) groups is 1. The van der Waals surface area contributed by atoms with E-state index in [9.17, 15) is 9.90 Å². The summed E-state index contributed by atoms with van der Waals surface area (Å²) in [5.41, 5.74) is 0.459. The lowest BCUT2D eigenvalue weighted by Crippen LogP contribution is -2.20. The monoisotopic (exact) mass is 220 g/mol. The maximum atomic E-state index is 11.8. The maximum absolute atomic E-state index is 11.8. The number of phenols is 1. The lowest BCUT2D eigenvalue weighted by atomic mass is 10.0. The van der Waals surface area contributed by atoms with Crippen LogP contribution < -0.4 is 0 Å². The Morgan fingerprint density at radius 1 is 1.31 bits per heavy atom. The molecular formula is C13H16O3. The number of hydrogen-bond donors (Lipinski definition) is 2. The summed E-state index contributed by atoms with van der Waals surface area (Å²) in [7, 11) is 0. The Bertz CT molecular complexity index is 365. The second kappa shape index (κ2) is 4.66. The number of Topliss-reactive ketones (excluding diaryl/α,β-unsaturated/α-hetero) is 1. The molecule has 1 aromatic rings. The Balaban J connectivity index is 1.91. The number of aromatic hydroxyl groups is 1. The molecule has 1 unspecified atom stereocenters. The quantitative estimate of drug-likeness (QED) is 0.747. The molecule has 0 heterocycles. The van der Waals surface area contributed by atoms with Gasteiger partial charge in [-0.3, -0.25) is 4.79 Å². The molecule has 0 spiro atoms. The fraction of sp³-hybridized carbons (Fsp3) is 0.462. The molecule has 1 aliphatic carbocycles. The molecule has 0 radical (unpaired) electrons. The molecule has 0 aromatic heterocycles. The predicted octanol–water partition coefficient (Wildman–Crippen LogP) is 2.13. The molecule has 1 aliphatic rings. The normalized spacial score (nSPS) is 17.1. The van der Waals surface area contributed by atoms with Crippen LogP contribution in [0.5, 0.6) is 5.75 Å². The van der Waals surface area contributed by atoms with E-state index < -0.39 is 6.10 Å². The first-order chi connectivity index (χ1) is 7.66. The minimum absolute atomic E-state index is 0.129. The predicted molar refractivity (Wildman–Crippen MR) is 60.4 cm³/mol. The highest BCUT2D eigenvalue weighted by molar-refractivity contribution is 5.99. The summed E-state index contributed by atoms with van der Waals surface area (Å²) in [4.78, 5) is 11.8. The van der Waals surface area contributed by atoms with Crippen LogP contribution in [0.25, 0.3) is 0 Å². The molecule has 0 aliphatic heterocycles. The maximum Gasteiger partial charge on any atom is 0.191 e. The summed E-state index contributed by atoms with van der Waals surface area (Å²) in [6, 6.07) is 6.00. The van der Waals surface area contributed by atoms with E-state index in [-0.39, 0.29) is 11.5 Å². The minimum atomic E-state index is -0.898. The Kier molecular flexibility index (Phi) is 3.25. The summed E-state index contributed by atoms with van der Waals surface area (Å²) in [5.74, 6) is 0.604. The lowest BCUT2D eigenvalue weighted by molar-refractivity contribution is 0.0723. The first-order valence-corrected chi connectivity index (χ1v) is 5.68. The van der Waals surface area contributed by atoms with Crippen LogP contribution in [0.3, 0.4) is 0 Å². The summed E-state index contributed by atoms with van der Waals surface area (Å²) in [5, 5.41) is 18.8. The van der Waals surface area contributed by atoms with Gasteiger partial charge in [0.15, 0.2) is 5.78 Å². The molecule has 0 amide bonds. The van der Waals surface area contributed by atoms with Gasteiger partial charge >= 0.3 is 0 Å². The highest BCUT2D eigenvalue weighted by Gasteiger charge is 2.24. The van der Waals surface area contributed by atoms with Crippen molar-refractivity contribution in [3.05, 3.63) is 29.8 Å². The van der Waals surface area contributed by atoms with Crippen molar-refractivity contribution < 1.29 is 15.0 Å². The van der Waals surface area contributed by atoms with Crippen LogP contribution >= 0.6 is 0 Å². The number of rotatable bonds is 5. The molecule has 1 atom stereocenters. The van der Waals surface area contributed by atoms with Crippen LogP contribution in [0.2, 0.25) is 0 Å². The van der Waals surface area contributed by atoms with E-state index in [0.29, 0.717) is 12.0 Å². The van der Waals surface area contributed by atoms with E-state index in [1.54, 1.807) is 0 Å². The molecule has 0 saturated heterocycles. The Morgan fingerprint density at radius 3 is 2.50 bits per heavy atom. The molecule has 3 nitrogen and oxygen atoms in total. The number of aliphatic hydroxyl groups excluding tert-OH is 1. The van der Waals surface area contributed by atoms with Gasteiger partial charge in [0, 0.05) is 5.56 Å². The van der Waals surface area contributed by atoms with Gasteiger partial charge in [-0.1, -0.05) is 12.8 Å². The van der Waals surface area contributed by atoms with Crippen molar-refractivity contribution in [1.82, 2.24) is 0 Å². The SMILES string of the molecule is O=C(c1ccc(O)cc1)C(O)CCC1CC1. The summed E-state index contributed by atoms with van der Waals surface area (Å²) < 4.78 is 0. The molecular weight excluding hydrogens is 204 g/mol. The topological polar surface area (TPSA) is 57.5 Å².